The van der Waals surface area contributed by atoms with Crippen molar-refractivity contribution in [2.24, 2.45) is 10.9 Å². The summed E-state index contributed by atoms with van der Waals surface area (Å²) in [4.78, 5) is 6.84. The van der Waals surface area contributed by atoms with Crippen molar-refractivity contribution in [1.29, 1.82) is 0 Å². The van der Waals surface area contributed by atoms with Crippen molar-refractivity contribution in [3.63, 3.8) is 0 Å². The van der Waals surface area contributed by atoms with Crippen LogP contribution in [0.2, 0.25) is 0 Å². The van der Waals surface area contributed by atoms with Crippen LogP contribution in [0.3, 0.4) is 0 Å². The Kier molecular flexibility index (Phi) is 3.56. The Labute approximate surface area is 117 Å². The molecule has 20 heavy (non-hydrogen) atoms. The van der Waals surface area contributed by atoms with Gasteiger partial charge in [0.2, 0.25) is 0 Å². The summed E-state index contributed by atoms with van der Waals surface area (Å²) in [6, 6.07) is 5.96. The summed E-state index contributed by atoms with van der Waals surface area (Å²) in [7, 11) is 0. The van der Waals surface area contributed by atoms with Crippen molar-refractivity contribution in [2.45, 2.75) is 31.8 Å². The number of likely N-dealkylation sites (tertiary alicyclic amines) is 1. The molecule has 106 valence electrons. The van der Waals surface area contributed by atoms with Gasteiger partial charge in [-0.25, -0.2) is 4.98 Å². The minimum Gasteiger partial charge on any atom is -0.409 e. The fourth-order valence-electron chi connectivity index (χ4n) is 2.85. The molecule has 1 aliphatic heterocycles. The summed E-state index contributed by atoms with van der Waals surface area (Å²) in [5.74, 6) is 0.300. The molecule has 3 rings (SSSR count). The third kappa shape index (κ3) is 2.46. The van der Waals surface area contributed by atoms with Crippen LogP contribution in [0.1, 0.15) is 25.0 Å². The van der Waals surface area contributed by atoms with Crippen LogP contribution in [0.25, 0.3) is 5.65 Å². The first kappa shape index (κ1) is 12.9. The van der Waals surface area contributed by atoms with Crippen molar-refractivity contribution >= 4 is 11.5 Å². The maximum Gasteiger partial charge on any atom is 0.156 e. The highest BCUT2D eigenvalue weighted by molar-refractivity contribution is 5.85. The fourth-order valence-corrected chi connectivity index (χ4v) is 2.85. The lowest BCUT2D eigenvalue weighted by Gasteiger charge is -2.34. The lowest BCUT2D eigenvalue weighted by atomic mass is 10.0. The fraction of sp³-hybridized carbons (Fsp3) is 0.429. The monoisotopic (exact) mass is 273 g/mol. The number of fused-ring (bicyclic) bond motifs is 1. The third-order valence-electron chi connectivity index (χ3n) is 3.85. The van der Waals surface area contributed by atoms with Gasteiger partial charge in [-0.2, -0.15) is 0 Å². The van der Waals surface area contributed by atoms with Crippen LogP contribution in [0, 0.1) is 0 Å². The van der Waals surface area contributed by atoms with Crippen LogP contribution in [0.5, 0.6) is 0 Å². The quantitative estimate of drug-likeness (QED) is 0.384. The Bertz CT molecular complexity index is 588. The van der Waals surface area contributed by atoms with Gasteiger partial charge in [-0.1, -0.05) is 17.6 Å². The summed E-state index contributed by atoms with van der Waals surface area (Å²) in [5, 5.41) is 12.1. The van der Waals surface area contributed by atoms with Crippen molar-refractivity contribution in [3.05, 3.63) is 36.3 Å². The number of oxime groups is 1. The number of nitrogens with zero attached hydrogens (tertiary/aromatic N) is 4. The van der Waals surface area contributed by atoms with Crippen LogP contribution < -0.4 is 5.73 Å². The molecule has 6 nitrogen and oxygen atoms in total. The van der Waals surface area contributed by atoms with E-state index in [4.69, 9.17) is 10.9 Å². The molecule has 1 unspecified atom stereocenters. The second kappa shape index (κ2) is 5.50. The van der Waals surface area contributed by atoms with Crippen LogP contribution in [-0.2, 0) is 6.54 Å². The van der Waals surface area contributed by atoms with E-state index >= 15 is 0 Å². The van der Waals surface area contributed by atoms with E-state index in [0.717, 1.165) is 43.7 Å². The SMILES string of the molecule is NC(=NO)C1CCCCN1Cc1cn2ccccc2n1. The normalized spacial score (nSPS) is 21.4. The van der Waals surface area contributed by atoms with Gasteiger partial charge in [-0.3, -0.25) is 4.90 Å². The van der Waals surface area contributed by atoms with Crippen LogP contribution in [0.15, 0.2) is 35.7 Å². The van der Waals surface area contributed by atoms with Crippen LogP contribution >= 0.6 is 0 Å². The summed E-state index contributed by atoms with van der Waals surface area (Å²) >= 11 is 0. The molecule has 2 aromatic heterocycles. The van der Waals surface area contributed by atoms with Crippen molar-refractivity contribution in [1.82, 2.24) is 14.3 Å². The Hall–Kier alpha value is -2.08. The number of nitrogens with two attached hydrogens (primary N) is 1. The van der Waals surface area contributed by atoms with Crippen molar-refractivity contribution < 1.29 is 5.21 Å². The molecule has 1 atom stereocenters. The molecule has 1 aliphatic rings. The number of aromatic nitrogens is 2. The summed E-state index contributed by atoms with van der Waals surface area (Å²) in [5.41, 5.74) is 7.75. The van der Waals surface area contributed by atoms with E-state index in [-0.39, 0.29) is 6.04 Å². The van der Waals surface area contributed by atoms with E-state index in [1.807, 2.05) is 35.0 Å². The third-order valence-corrected chi connectivity index (χ3v) is 3.85. The Morgan fingerprint density at radius 2 is 2.35 bits per heavy atom. The summed E-state index contributed by atoms with van der Waals surface area (Å²) in [6.07, 6.45) is 7.21. The molecule has 0 spiro atoms. The molecule has 1 saturated heterocycles. The first-order valence-corrected chi connectivity index (χ1v) is 6.92. The Morgan fingerprint density at radius 3 is 3.15 bits per heavy atom. The molecule has 0 saturated carbocycles. The number of pyridine rings is 1. The molecule has 2 aromatic rings. The highest BCUT2D eigenvalue weighted by Crippen LogP contribution is 2.19. The molecule has 1 fully saturated rings. The Morgan fingerprint density at radius 1 is 1.45 bits per heavy atom. The largest absolute Gasteiger partial charge is 0.409 e. The van der Waals surface area contributed by atoms with E-state index < -0.39 is 0 Å². The average Bonchev–Trinajstić information content (AvgIpc) is 2.89. The molecular formula is C14H19N5O. The number of rotatable bonds is 3. The minimum absolute atomic E-state index is 0.0126. The predicted molar refractivity (Wildman–Crippen MR) is 76.6 cm³/mol. The highest BCUT2D eigenvalue weighted by Gasteiger charge is 2.26. The van der Waals surface area contributed by atoms with Crippen molar-refractivity contribution in [3.8, 4) is 0 Å². The minimum atomic E-state index is 0.0126. The number of amidine groups is 1. The molecule has 0 bridgehead atoms. The molecule has 0 aromatic carbocycles. The maximum absolute atomic E-state index is 8.90. The number of imidazole rings is 1. The van der Waals surface area contributed by atoms with Gasteiger partial charge in [0.15, 0.2) is 5.84 Å². The standard InChI is InChI=1S/C14H19N5O/c15-14(17-20)12-5-1-3-7-18(12)9-11-10-19-8-4-2-6-13(19)16-11/h2,4,6,8,10,12,20H,1,3,5,7,9H2,(H2,15,17). The van der Waals surface area contributed by atoms with E-state index in [1.165, 1.54) is 0 Å². The zero-order valence-electron chi connectivity index (χ0n) is 11.3. The first-order valence-electron chi connectivity index (χ1n) is 6.92. The van der Waals surface area contributed by atoms with Gasteiger partial charge >= 0.3 is 0 Å². The van der Waals surface area contributed by atoms with E-state index in [2.05, 4.69) is 15.0 Å². The highest BCUT2D eigenvalue weighted by atomic mass is 16.4. The lowest BCUT2D eigenvalue weighted by Crippen LogP contribution is -2.47. The topological polar surface area (TPSA) is 79.2 Å². The zero-order valence-corrected chi connectivity index (χ0v) is 11.3. The van der Waals surface area contributed by atoms with Gasteiger partial charge in [-0.15, -0.1) is 0 Å². The lowest BCUT2D eigenvalue weighted by molar-refractivity contribution is 0.176. The van der Waals surface area contributed by atoms with Gasteiger partial charge in [-0.05, 0) is 31.5 Å². The number of hydrogen-bond donors (Lipinski definition) is 2. The second-order valence-electron chi connectivity index (χ2n) is 5.21. The second-order valence-corrected chi connectivity index (χ2v) is 5.21. The van der Waals surface area contributed by atoms with E-state index in [0.29, 0.717) is 5.84 Å². The van der Waals surface area contributed by atoms with Gasteiger partial charge in [0.05, 0.1) is 11.7 Å². The molecule has 0 aliphatic carbocycles. The smallest absolute Gasteiger partial charge is 0.156 e. The first-order chi connectivity index (χ1) is 9.78. The van der Waals surface area contributed by atoms with E-state index in [9.17, 15) is 0 Å². The van der Waals surface area contributed by atoms with Gasteiger partial charge in [0.25, 0.3) is 0 Å². The summed E-state index contributed by atoms with van der Waals surface area (Å²) in [6.45, 7) is 1.68. The van der Waals surface area contributed by atoms with Crippen molar-refractivity contribution in [2.75, 3.05) is 6.54 Å². The zero-order chi connectivity index (χ0) is 13.9. The van der Waals surface area contributed by atoms with E-state index in [1.54, 1.807) is 0 Å². The average molecular weight is 273 g/mol. The van der Waals surface area contributed by atoms with Gasteiger partial charge < -0.3 is 15.3 Å². The number of hydrogen-bond acceptors (Lipinski definition) is 4. The molecule has 6 heteroatoms. The predicted octanol–water partition coefficient (Wildman–Crippen LogP) is 1.44. The number of piperidine rings is 1. The Balaban J connectivity index is 1.81. The van der Waals surface area contributed by atoms with Crippen LogP contribution in [-0.4, -0.2) is 37.9 Å². The molecule has 3 heterocycles. The van der Waals surface area contributed by atoms with Gasteiger partial charge in [0, 0.05) is 18.9 Å². The summed E-state index contributed by atoms with van der Waals surface area (Å²) < 4.78 is 2.01. The van der Waals surface area contributed by atoms with Crippen LogP contribution in [0.4, 0.5) is 0 Å². The molecule has 0 radical (unpaired) electrons. The molecular weight excluding hydrogens is 254 g/mol. The maximum atomic E-state index is 8.90. The molecule has 0 amide bonds. The van der Waals surface area contributed by atoms with Gasteiger partial charge in [0.1, 0.15) is 5.65 Å². The molecule has 3 N–H and O–H groups in total.